The van der Waals surface area contributed by atoms with E-state index in [4.69, 9.17) is 10.6 Å². The van der Waals surface area contributed by atoms with E-state index in [1.165, 1.54) is 0 Å². The molecule has 1 aromatic carbocycles. The van der Waals surface area contributed by atoms with Crippen LogP contribution >= 0.6 is 15.9 Å². The Morgan fingerprint density at radius 2 is 2.33 bits per heavy atom. The Morgan fingerprint density at radius 1 is 1.60 bits per heavy atom. The first-order valence-corrected chi connectivity index (χ1v) is 5.37. The Morgan fingerprint density at radius 3 is 2.93 bits per heavy atom. The first-order valence-electron chi connectivity index (χ1n) is 4.58. The Hall–Kier alpha value is -1.07. The molecule has 0 saturated carbocycles. The lowest BCUT2D eigenvalue weighted by molar-refractivity contribution is -0.142. The molecule has 0 aliphatic carbocycles. The van der Waals surface area contributed by atoms with Gasteiger partial charge in [0.05, 0.1) is 18.7 Å². The van der Waals surface area contributed by atoms with Crippen LogP contribution in [0.1, 0.15) is 12.5 Å². The summed E-state index contributed by atoms with van der Waals surface area (Å²) in [6.45, 7) is 2.18. The van der Waals surface area contributed by atoms with Crippen LogP contribution in [0.3, 0.4) is 0 Å². The van der Waals surface area contributed by atoms with Crippen molar-refractivity contribution >= 4 is 27.6 Å². The molecule has 0 heterocycles. The van der Waals surface area contributed by atoms with Gasteiger partial charge in [0.1, 0.15) is 0 Å². The number of hydrogen-bond donors (Lipinski definition) is 2. The standard InChI is InChI=1S/C10H13BrN2O2/c1-2-15-10(14)6-7-3-4-8(11)9(5-7)13-12/h3-5,13H,2,6,12H2,1H3. The van der Waals surface area contributed by atoms with Crippen LogP contribution in [0.4, 0.5) is 5.69 Å². The average Bonchev–Trinajstić information content (AvgIpc) is 2.21. The molecule has 15 heavy (non-hydrogen) atoms. The summed E-state index contributed by atoms with van der Waals surface area (Å²) < 4.78 is 5.71. The topological polar surface area (TPSA) is 64.3 Å². The normalized spacial score (nSPS) is 9.80. The highest BCUT2D eigenvalue weighted by atomic mass is 79.9. The third kappa shape index (κ3) is 3.53. The first kappa shape index (κ1) is 12.0. The molecule has 0 aliphatic rings. The predicted octanol–water partition coefficient (Wildman–Crippen LogP) is 1.84. The number of halogens is 1. The van der Waals surface area contributed by atoms with Gasteiger partial charge in [-0.3, -0.25) is 10.6 Å². The summed E-state index contributed by atoms with van der Waals surface area (Å²) in [5.41, 5.74) is 4.15. The summed E-state index contributed by atoms with van der Waals surface area (Å²) in [6.07, 6.45) is 0.260. The highest BCUT2D eigenvalue weighted by molar-refractivity contribution is 9.10. The Kier molecular flexibility index (Phi) is 4.58. The molecule has 0 radical (unpaired) electrons. The van der Waals surface area contributed by atoms with Gasteiger partial charge in [0.2, 0.25) is 0 Å². The molecule has 1 aromatic rings. The van der Waals surface area contributed by atoms with E-state index >= 15 is 0 Å². The smallest absolute Gasteiger partial charge is 0.310 e. The number of carbonyl (C=O) groups excluding carboxylic acids is 1. The number of nitrogens with two attached hydrogens (primary N) is 1. The third-order valence-corrected chi connectivity index (χ3v) is 2.53. The SMILES string of the molecule is CCOC(=O)Cc1ccc(Br)c(NN)c1. The molecule has 0 saturated heterocycles. The Balaban J connectivity index is 2.74. The second-order valence-electron chi connectivity index (χ2n) is 2.94. The number of nitrogen functional groups attached to an aromatic ring is 1. The quantitative estimate of drug-likeness (QED) is 0.499. The van der Waals surface area contributed by atoms with Crippen LogP contribution in [0.2, 0.25) is 0 Å². The van der Waals surface area contributed by atoms with Crippen LogP contribution < -0.4 is 11.3 Å². The van der Waals surface area contributed by atoms with Crippen molar-refractivity contribution in [1.29, 1.82) is 0 Å². The minimum Gasteiger partial charge on any atom is -0.466 e. The number of nitrogens with one attached hydrogen (secondary N) is 1. The monoisotopic (exact) mass is 272 g/mol. The maximum Gasteiger partial charge on any atom is 0.310 e. The van der Waals surface area contributed by atoms with Crippen LogP contribution in [0.25, 0.3) is 0 Å². The fourth-order valence-electron chi connectivity index (χ4n) is 1.17. The molecular formula is C10H13BrN2O2. The molecule has 1 rings (SSSR count). The fraction of sp³-hybridized carbons (Fsp3) is 0.300. The summed E-state index contributed by atoms with van der Waals surface area (Å²) in [6, 6.07) is 5.49. The molecule has 3 N–H and O–H groups in total. The van der Waals surface area contributed by atoms with E-state index in [1.807, 2.05) is 12.1 Å². The maximum absolute atomic E-state index is 11.2. The number of rotatable bonds is 4. The van der Waals surface area contributed by atoms with Gasteiger partial charge in [-0.1, -0.05) is 6.07 Å². The Bertz CT molecular complexity index is 355. The van der Waals surface area contributed by atoms with E-state index in [1.54, 1.807) is 13.0 Å². The molecule has 0 unspecified atom stereocenters. The van der Waals surface area contributed by atoms with Crippen molar-refractivity contribution < 1.29 is 9.53 Å². The average molecular weight is 273 g/mol. The van der Waals surface area contributed by atoms with Crippen LogP contribution in [0, 0.1) is 0 Å². The van der Waals surface area contributed by atoms with Crippen molar-refractivity contribution in [3.63, 3.8) is 0 Å². The Labute approximate surface area is 96.9 Å². The summed E-state index contributed by atoms with van der Waals surface area (Å²) in [7, 11) is 0. The lowest BCUT2D eigenvalue weighted by Crippen LogP contribution is -2.10. The van der Waals surface area contributed by atoms with E-state index in [-0.39, 0.29) is 12.4 Å². The number of anilines is 1. The number of hydrazine groups is 1. The molecule has 4 nitrogen and oxygen atoms in total. The molecule has 0 spiro atoms. The second kappa shape index (κ2) is 5.72. The minimum atomic E-state index is -0.234. The van der Waals surface area contributed by atoms with Crippen molar-refractivity contribution in [2.75, 3.05) is 12.0 Å². The number of benzene rings is 1. The zero-order valence-corrected chi connectivity index (χ0v) is 10.0. The predicted molar refractivity (Wildman–Crippen MR) is 62.3 cm³/mol. The van der Waals surface area contributed by atoms with Crippen LogP contribution in [-0.2, 0) is 16.0 Å². The van der Waals surface area contributed by atoms with Crippen LogP contribution in [-0.4, -0.2) is 12.6 Å². The molecule has 0 aromatic heterocycles. The number of hydrogen-bond acceptors (Lipinski definition) is 4. The zero-order valence-electron chi connectivity index (χ0n) is 8.42. The molecule has 0 fully saturated rings. The molecule has 5 heteroatoms. The van der Waals surface area contributed by atoms with Gasteiger partial charge in [0.15, 0.2) is 0 Å². The van der Waals surface area contributed by atoms with Gasteiger partial charge in [-0.25, -0.2) is 0 Å². The lowest BCUT2D eigenvalue weighted by Gasteiger charge is -2.06. The highest BCUT2D eigenvalue weighted by Crippen LogP contribution is 2.22. The highest BCUT2D eigenvalue weighted by Gasteiger charge is 2.06. The molecule has 0 amide bonds. The van der Waals surface area contributed by atoms with Gasteiger partial charge in [0, 0.05) is 4.47 Å². The lowest BCUT2D eigenvalue weighted by atomic mass is 10.1. The van der Waals surface area contributed by atoms with E-state index in [0.717, 1.165) is 15.7 Å². The molecule has 0 atom stereocenters. The van der Waals surface area contributed by atoms with Gasteiger partial charge in [-0.15, -0.1) is 0 Å². The summed E-state index contributed by atoms with van der Waals surface area (Å²) >= 11 is 3.33. The fourth-order valence-corrected chi connectivity index (χ4v) is 1.53. The molecule has 0 aliphatic heterocycles. The second-order valence-corrected chi connectivity index (χ2v) is 3.79. The first-order chi connectivity index (χ1) is 7.17. The van der Waals surface area contributed by atoms with Crippen molar-refractivity contribution in [2.24, 2.45) is 5.84 Å². The number of esters is 1. The zero-order chi connectivity index (χ0) is 11.3. The molecule has 82 valence electrons. The largest absolute Gasteiger partial charge is 0.466 e. The summed E-state index contributed by atoms with van der Waals surface area (Å²) in [4.78, 5) is 11.2. The van der Waals surface area contributed by atoms with Gasteiger partial charge < -0.3 is 10.2 Å². The maximum atomic E-state index is 11.2. The third-order valence-electron chi connectivity index (χ3n) is 1.84. The van der Waals surface area contributed by atoms with Crippen molar-refractivity contribution in [2.45, 2.75) is 13.3 Å². The van der Waals surface area contributed by atoms with E-state index in [9.17, 15) is 4.79 Å². The number of carbonyl (C=O) groups is 1. The van der Waals surface area contributed by atoms with E-state index < -0.39 is 0 Å². The number of ether oxygens (including phenoxy) is 1. The van der Waals surface area contributed by atoms with Crippen molar-refractivity contribution in [1.82, 2.24) is 0 Å². The van der Waals surface area contributed by atoms with E-state index in [0.29, 0.717) is 6.61 Å². The van der Waals surface area contributed by atoms with Crippen LogP contribution in [0.5, 0.6) is 0 Å². The van der Waals surface area contributed by atoms with Crippen molar-refractivity contribution in [3.05, 3.63) is 28.2 Å². The van der Waals surface area contributed by atoms with E-state index in [2.05, 4.69) is 21.4 Å². The van der Waals surface area contributed by atoms with Crippen molar-refractivity contribution in [3.8, 4) is 0 Å². The summed E-state index contributed by atoms with van der Waals surface area (Å²) in [5, 5.41) is 0. The summed E-state index contributed by atoms with van der Waals surface area (Å²) in [5.74, 6) is 5.08. The molecule has 0 bridgehead atoms. The van der Waals surface area contributed by atoms with Gasteiger partial charge >= 0.3 is 5.97 Å². The minimum absolute atomic E-state index is 0.234. The van der Waals surface area contributed by atoms with Gasteiger partial charge in [-0.05, 0) is 40.5 Å². The van der Waals surface area contributed by atoms with Gasteiger partial charge in [0.25, 0.3) is 0 Å². The van der Waals surface area contributed by atoms with Gasteiger partial charge in [-0.2, -0.15) is 0 Å². The van der Waals surface area contributed by atoms with Crippen LogP contribution in [0.15, 0.2) is 22.7 Å². The molecular weight excluding hydrogens is 260 g/mol.